The van der Waals surface area contributed by atoms with Gasteiger partial charge in [0.25, 0.3) is 10.1 Å². The third-order valence-corrected chi connectivity index (χ3v) is 5.17. The number of carbonyl (C=O) groups is 1. The molecule has 1 aromatic rings. The summed E-state index contributed by atoms with van der Waals surface area (Å²) in [7, 11) is -2.82. The molecule has 0 radical (unpaired) electrons. The van der Waals surface area contributed by atoms with Gasteiger partial charge in [0.2, 0.25) is 0 Å². The van der Waals surface area contributed by atoms with E-state index in [4.69, 9.17) is 18.4 Å². The maximum Gasteiger partial charge on any atom is 0.303 e. The Morgan fingerprint density at radius 1 is 1.19 bits per heavy atom. The Labute approximate surface area is 151 Å². The van der Waals surface area contributed by atoms with Crippen LogP contribution in [0.5, 0.6) is 0 Å². The van der Waals surface area contributed by atoms with E-state index < -0.39 is 53.4 Å². The second-order valence-corrected chi connectivity index (χ2v) is 7.50. The van der Waals surface area contributed by atoms with Gasteiger partial charge in [-0.2, -0.15) is 8.42 Å². The Hall–Kier alpha value is -1.56. The lowest BCUT2D eigenvalue weighted by molar-refractivity contribution is -0.296. The monoisotopic (exact) mass is 390 g/mol. The summed E-state index contributed by atoms with van der Waals surface area (Å²) in [5.41, 5.74) is 0.887. The normalized spacial score (nSPS) is 29.3. The fraction of sp³-hybridized carbons (Fsp3) is 0.562. The van der Waals surface area contributed by atoms with Gasteiger partial charge in [-0.1, -0.05) is 17.7 Å². The number of esters is 1. The summed E-state index contributed by atoms with van der Waals surface area (Å²) in [5.74, 6) is -0.691. The molecule has 1 aromatic carbocycles. The van der Waals surface area contributed by atoms with Gasteiger partial charge in [0.05, 0.1) is 11.5 Å². The van der Waals surface area contributed by atoms with Crippen LogP contribution in [0, 0.1) is 6.92 Å². The molecule has 26 heavy (non-hydrogen) atoms. The van der Waals surface area contributed by atoms with Crippen molar-refractivity contribution in [1.82, 2.24) is 0 Å². The van der Waals surface area contributed by atoms with Gasteiger partial charge in [0, 0.05) is 14.0 Å². The van der Waals surface area contributed by atoms with E-state index >= 15 is 0 Å². The Morgan fingerprint density at radius 2 is 1.81 bits per heavy atom. The van der Waals surface area contributed by atoms with E-state index in [0.29, 0.717) is 0 Å². The molecule has 10 heteroatoms. The number of ether oxygens (including phenoxy) is 3. The summed E-state index contributed by atoms with van der Waals surface area (Å²) in [6.45, 7) is 2.39. The highest BCUT2D eigenvalue weighted by Crippen LogP contribution is 2.25. The van der Waals surface area contributed by atoms with Crippen LogP contribution in [0.3, 0.4) is 0 Å². The van der Waals surface area contributed by atoms with Crippen LogP contribution in [0.15, 0.2) is 29.2 Å². The third-order valence-electron chi connectivity index (χ3n) is 3.88. The number of hydrogen-bond acceptors (Lipinski definition) is 9. The molecule has 0 unspecified atom stereocenters. The highest BCUT2D eigenvalue weighted by atomic mass is 32.2. The zero-order valence-electron chi connectivity index (χ0n) is 14.6. The van der Waals surface area contributed by atoms with Crippen molar-refractivity contribution in [3.8, 4) is 0 Å². The zero-order chi connectivity index (χ0) is 19.5. The number of rotatable bonds is 6. The topological polar surface area (TPSA) is 129 Å². The zero-order valence-corrected chi connectivity index (χ0v) is 15.4. The number of carbonyl (C=O) groups excluding carboxylic acids is 1. The van der Waals surface area contributed by atoms with Crippen molar-refractivity contribution >= 4 is 16.1 Å². The van der Waals surface area contributed by atoms with Gasteiger partial charge in [-0.05, 0) is 19.1 Å². The number of benzene rings is 1. The third kappa shape index (κ3) is 4.78. The highest BCUT2D eigenvalue weighted by Gasteiger charge is 2.47. The van der Waals surface area contributed by atoms with Crippen LogP contribution in [0.2, 0.25) is 0 Å². The minimum Gasteiger partial charge on any atom is -0.454 e. The van der Waals surface area contributed by atoms with Crippen LogP contribution in [0.1, 0.15) is 12.5 Å². The number of hydrogen-bond donors (Lipinski definition) is 2. The molecule has 1 aliphatic rings. The minimum atomic E-state index is -4.07. The van der Waals surface area contributed by atoms with E-state index in [1.54, 1.807) is 12.1 Å². The number of aliphatic hydroxyl groups is 2. The standard InChI is InChI=1S/C16H22O9S/c1-9-4-6-11(7-5-9)26(20,21)23-8-12-13(18)14(19)15(24-10(2)17)16(22-3)25-12/h4-7,12-16,18-19H,8H2,1-3H3/t12-,13-,14+,15-,16+/m1/s1. The summed E-state index contributed by atoms with van der Waals surface area (Å²) < 4.78 is 44.6. The van der Waals surface area contributed by atoms with E-state index in [0.717, 1.165) is 12.5 Å². The fourth-order valence-corrected chi connectivity index (χ4v) is 3.40. The largest absolute Gasteiger partial charge is 0.454 e. The van der Waals surface area contributed by atoms with Gasteiger partial charge in [-0.3, -0.25) is 8.98 Å². The maximum absolute atomic E-state index is 12.2. The molecule has 1 fully saturated rings. The molecule has 146 valence electrons. The summed E-state index contributed by atoms with van der Waals surface area (Å²) in [6.07, 6.45) is -6.72. The lowest BCUT2D eigenvalue weighted by Gasteiger charge is -2.40. The highest BCUT2D eigenvalue weighted by molar-refractivity contribution is 7.86. The smallest absolute Gasteiger partial charge is 0.303 e. The molecule has 0 saturated carbocycles. The molecule has 1 aliphatic heterocycles. The van der Waals surface area contributed by atoms with E-state index in [1.807, 2.05) is 6.92 Å². The predicted molar refractivity (Wildman–Crippen MR) is 87.6 cm³/mol. The van der Waals surface area contributed by atoms with E-state index in [1.165, 1.54) is 19.2 Å². The Morgan fingerprint density at radius 3 is 2.35 bits per heavy atom. The SMILES string of the molecule is CO[C@H]1O[C@H](COS(=O)(=O)c2ccc(C)cc2)[C@@H](O)[C@H](O)[C@H]1OC(C)=O. The molecule has 5 atom stereocenters. The molecule has 0 aliphatic carbocycles. The first-order chi connectivity index (χ1) is 12.2. The van der Waals surface area contributed by atoms with E-state index in [9.17, 15) is 23.4 Å². The van der Waals surface area contributed by atoms with Crippen molar-refractivity contribution in [1.29, 1.82) is 0 Å². The van der Waals surface area contributed by atoms with Gasteiger partial charge in [0.15, 0.2) is 12.4 Å². The summed E-state index contributed by atoms with van der Waals surface area (Å²) in [6, 6.07) is 6.03. The number of methoxy groups -OCH3 is 1. The van der Waals surface area contributed by atoms with E-state index in [2.05, 4.69) is 0 Å². The van der Waals surface area contributed by atoms with Gasteiger partial charge >= 0.3 is 5.97 Å². The molecule has 2 N–H and O–H groups in total. The van der Waals surface area contributed by atoms with Crippen molar-refractivity contribution < 1.29 is 41.8 Å². The van der Waals surface area contributed by atoms with Crippen molar-refractivity contribution in [2.24, 2.45) is 0 Å². The second-order valence-electron chi connectivity index (χ2n) is 5.89. The molecule has 1 heterocycles. The number of aliphatic hydroxyl groups excluding tert-OH is 2. The Kier molecular flexibility index (Phi) is 6.72. The lowest BCUT2D eigenvalue weighted by Crippen LogP contribution is -2.60. The van der Waals surface area contributed by atoms with Crippen molar-refractivity contribution in [3.05, 3.63) is 29.8 Å². The number of aryl methyl sites for hydroxylation is 1. The minimum absolute atomic E-state index is 0.0463. The average molecular weight is 390 g/mol. The first-order valence-electron chi connectivity index (χ1n) is 7.83. The predicted octanol–water partition coefficient (Wildman–Crippen LogP) is -0.275. The Bertz CT molecular complexity index is 714. The summed E-state index contributed by atoms with van der Waals surface area (Å²) >= 11 is 0. The molecule has 9 nitrogen and oxygen atoms in total. The second kappa shape index (κ2) is 8.42. The molecular weight excluding hydrogens is 368 g/mol. The van der Waals surface area contributed by atoms with Gasteiger partial charge in [0.1, 0.15) is 18.3 Å². The van der Waals surface area contributed by atoms with Crippen molar-refractivity contribution in [3.63, 3.8) is 0 Å². The van der Waals surface area contributed by atoms with Crippen molar-refractivity contribution in [2.75, 3.05) is 13.7 Å². The fourth-order valence-electron chi connectivity index (χ4n) is 2.48. The molecule has 0 bridgehead atoms. The van der Waals surface area contributed by atoms with Gasteiger partial charge < -0.3 is 24.4 Å². The Balaban J connectivity index is 2.07. The molecular formula is C16H22O9S. The van der Waals surface area contributed by atoms with Crippen LogP contribution >= 0.6 is 0 Å². The first-order valence-corrected chi connectivity index (χ1v) is 9.24. The molecule has 0 spiro atoms. The summed E-state index contributed by atoms with van der Waals surface area (Å²) in [5, 5.41) is 20.3. The quantitative estimate of drug-likeness (QED) is 0.498. The van der Waals surface area contributed by atoms with Crippen LogP contribution in [-0.4, -0.2) is 69.0 Å². The molecule has 0 amide bonds. The van der Waals surface area contributed by atoms with Gasteiger partial charge in [-0.25, -0.2) is 0 Å². The maximum atomic E-state index is 12.2. The van der Waals surface area contributed by atoms with Crippen LogP contribution in [-0.2, 0) is 33.3 Å². The van der Waals surface area contributed by atoms with Crippen molar-refractivity contribution in [2.45, 2.75) is 49.4 Å². The van der Waals surface area contributed by atoms with Crippen LogP contribution < -0.4 is 0 Å². The summed E-state index contributed by atoms with van der Waals surface area (Å²) in [4.78, 5) is 11.1. The average Bonchev–Trinajstić information content (AvgIpc) is 2.58. The molecule has 0 aromatic heterocycles. The van der Waals surface area contributed by atoms with Crippen LogP contribution in [0.25, 0.3) is 0 Å². The van der Waals surface area contributed by atoms with Crippen LogP contribution in [0.4, 0.5) is 0 Å². The van der Waals surface area contributed by atoms with Gasteiger partial charge in [-0.15, -0.1) is 0 Å². The molecule has 2 rings (SSSR count). The lowest BCUT2D eigenvalue weighted by atomic mass is 9.99. The molecule has 1 saturated heterocycles. The first kappa shape index (κ1) is 20.7. The van der Waals surface area contributed by atoms with E-state index in [-0.39, 0.29) is 4.90 Å².